The van der Waals surface area contributed by atoms with Gasteiger partial charge in [0.1, 0.15) is 5.75 Å². The van der Waals surface area contributed by atoms with E-state index in [9.17, 15) is 9.59 Å². The van der Waals surface area contributed by atoms with Crippen molar-refractivity contribution in [3.8, 4) is 5.75 Å². The number of amides is 3. The van der Waals surface area contributed by atoms with Crippen LogP contribution in [0.15, 0.2) is 66.7 Å². The Hall–Kier alpha value is -3.25. The van der Waals surface area contributed by atoms with Crippen LogP contribution in [0.3, 0.4) is 0 Å². The van der Waals surface area contributed by atoms with Crippen LogP contribution in [0.4, 0.5) is 10.5 Å². The zero-order chi connectivity index (χ0) is 19.2. The maximum absolute atomic E-state index is 12.1. The number of carbonyl (C=O) groups excluding carboxylic acids is 2. The first-order valence-electron chi connectivity index (χ1n) is 8.29. The fourth-order valence-corrected chi connectivity index (χ4v) is 2.54. The van der Waals surface area contributed by atoms with Gasteiger partial charge in [0.05, 0.1) is 0 Å². The summed E-state index contributed by atoms with van der Waals surface area (Å²) in [5.41, 5.74) is 5.15. The first-order chi connectivity index (χ1) is 13.0. The third-order valence-electron chi connectivity index (χ3n) is 3.80. The Bertz CT molecular complexity index is 960. The second-order valence-corrected chi connectivity index (χ2v) is 6.28. The number of benzene rings is 3. The van der Waals surface area contributed by atoms with E-state index in [1.54, 1.807) is 37.3 Å². The minimum absolute atomic E-state index is 0.477. The van der Waals surface area contributed by atoms with Crippen molar-refractivity contribution in [3.05, 3.63) is 71.8 Å². The smallest absolute Gasteiger partial charge is 0.337 e. The van der Waals surface area contributed by atoms with Crippen LogP contribution >= 0.6 is 11.6 Å². The monoisotopic (exact) mass is 383 g/mol. The third kappa shape index (κ3) is 5.12. The van der Waals surface area contributed by atoms with Gasteiger partial charge in [-0.2, -0.15) is 0 Å². The molecule has 0 aliphatic heterocycles. The number of rotatable bonds is 4. The maximum atomic E-state index is 12.1. The van der Waals surface area contributed by atoms with E-state index in [1.807, 2.05) is 36.4 Å². The van der Waals surface area contributed by atoms with Gasteiger partial charge in [0.2, 0.25) is 0 Å². The molecule has 3 rings (SSSR count). The Morgan fingerprint density at radius 3 is 2.37 bits per heavy atom. The molecular formula is C20H18ClN3O3. The lowest BCUT2D eigenvalue weighted by molar-refractivity contribution is -0.127. The summed E-state index contributed by atoms with van der Waals surface area (Å²) in [7, 11) is 0. The molecule has 3 N–H and O–H groups in total. The second kappa shape index (κ2) is 8.42. The molecule has 0 saturated carbocycles. The molecule has 0 aromatic heterocycles. The first kappa shape index (κ1) is 18.5. The Morgan fingerprint density at radius 2 is 1.63 bits per heavy atom. The van der Waals surface area contributed by atoms with E-state index >= 15 is 0 Å². The summed E-state index contributed by atoms with van der Waals surface area (Å²) in [6.07, 6.45) is -0.790. The van der Waals surface area contributed by atoms with Gasteiger partial charge in [-0.05, 0) is 54.1 Å². The molecule has 1 unspecified atom stereocenters. The highest BCUT2D eigenvalue weighted by Gasteiger charge is 2.15. The molecule has 0 bridgehead atoms. The molecule has 6 nitrogen and oxygen atoms in total. The van der Waals surface area contributed by atoms with Crippen LogP contribution in [-0.4, -0.2) is 18.0 Å². The zero-order valence-electron chi connectivity index (χ0n) is 14.5. The zero-order valence-corrected chi connectivity index (χ0v) is 15.3. The van der Waals surface area contributed by atoms with Gasteiger partial charge in [-0.3, -0.25) is 10.2 Å². The van der Waals surface area contributed by atoms with Crippen molar-refractivity contribution in [1.82, 2.24) is 10.9 Å². The Kier molecular flexibility index (Phi) is 5.78. The summed E-state index contributed by atoms with van der Waals surface area (Å²) in [5, 5.41) is 5.24. The van der Waals surface area contributed by atoms with E-state index < -0.39 is 18.0 Å². The van der Waals surface area contributed by atoms with Gasteiger partial charge in [0, 0.05) is 10.7 Å². The fraction of sp³-hybridized carbons (Fsp3) is 0.100. The van der Waals surface area contributed by atoms with Crippen LogP contribution in [0.5, 0.6) is 5.75 Å². The van der Waals surface area contributed by atoms with Gasteiger partial charge in [0.15, 0.2) is 6.10 Å². The molecule has 0 aliphatic carbocycles. The number of hydrogen-bond donors (Lipinski definition) is 3. The number of fused-ring (bicyclic) bond motifs is 1. The highest BCUT2D eigenvalue weighted by molar-refractivity contribution is 6.30. The summed E-state index contributed by atoms with van der Waals surface area (Å²) in [4.78, 5) is 23.9. The predicted octanol–water partition coefficient (Wildman–Crippen LogP) is 4.11. The lowest BCUT2D eigenvalue weighted by Crippen LogP contribution is -2.48. The SMILES string of the molecule is CC(Oc1ccc2ccccc2c1)C(=O)NNC(=O)Nc1ccc(Cl)cc1. The summed E-state index contributed by atoms with van der Waals surface area (Å²) < 4.78 is 5.65. The average Bonchev–Trinajstić information content (AvgIpc) is 2.67. The van der Waals surface area contributed by atoms with E-state index in [4.69, 9.17) is 16.3 Å². The number of ether oxygens (including phenoxy) is 1. The van der Waals surface area contributed by atoms with Crippen molar-refractivity contribution < 1.29 is 14.3 Å². The fourth-order valence-electron chi connectivity index (χ4n) is 2.41. The van der Waals surface area contributed by atoms with Crippen molar-refractivity contribution in [2.75, 3.05) is 5.32 Å². The quantitative estimate of drug-likeness (QED) is 0.593. The summed E-state index contributed by atoms with van der Waals surface area (Å²) in [5.74, 6) is 0.0939. The molecule has 3 aromatic carbocycles. The van der Waals surface area contributed by atoms with E-state index in [2.05, 4.69) is 16.2 Å². The Balaban J connectivity index is 1.50. The van der Waals surface area contributed by atoms with Crippen molar-refractivity contribution >= 4 is 40.0 Å². The lowest BCUT2D eigenvalue weighted by Gasteiger charge is -2.16. The molecule has 3 amide bonds. The van der Waals surface area contributed by atoms with Crippen LogP contribution in [-0.2, 0) is 4.79 Å². The van der Waals surface area contributed by atoms with Gasteiger partial charge < -0.3 is 10.1 Å². The minimum atomic E-state index is -0.790. The number of halogens is 1. The predicted molar refractivity (Wildman–Crippen MR) is 106 cm³/mol. The molecule has 138 valence electrons. The van der Waals surface area contributed by atoms with E-state index in [-0.39, 0.29) is 0 Å². The van der Waals surface area contributed by atoms with Crippen LogP contribution in [0.25, 0.3) is 10.8 Å². The van der Waals surface area contributed by atoms with Crippen LogP contribution in [0, 0.1) is 0 Å². The second-order valence-electron chi connectivity index (χ2n) is 5.84. The Morgan fingerprint density at radius 1 is 0.926 bits per heavy atom. The molecule has 0 heterocycles. The molecule has 0 aliphatic rings. The number of urea groups is 1. The first-order valence-corrected chi connectivity index (χ1v) is 8.67. The highest BCUT2D eigenvalue weighted by atomic mass is 35.5. The van der Waals surface area contributed by atoms with Crippen molar-refractivity contribution in [2.45, 2.75) is 13.0 Å². The molecule has 27 heavy (non-hydrogen) atoms. The van der Waals surface area contributed by atoms with E-state index in [0.29, 0.717) is 16.5 Å². The van der Waals surface area contributed by atoms with Gasteiger partial charge >= 0.3 is 6.03 Å². The standard InChI is InChI=1S/C20H18ClN3O3/c1-13(27-18-11-6-14-4-2-3-5-15(14)12-18)19(25)23-24-20(26)22-17-9-7-16(21)8-10-17/h2-13H,1H3,(H,23,25)(H2,22,24,26). The van der Waals surface area contributed by atoms with Crippen LogP contribution in [0.2, 0.25) is 5.02 Å². The molecule has 1 atom stereocenters. The van der Waals surface area contributed by atoms with Crippen LogP contribution in [0.1, 0.15) is 6.92 Å². The molecule has 0 fully saturated rings. The van der Waals surface area contributed by atoms with Crippen molar-refractivity contribution in [2.24, 2.45) is 0 Å². The summed E-state index contributed by atoms with van der Waals surface area (Å²) in [6.45, 7) is 1.60. The molecule has 3 aromatic rings. The summed E-state index contributed by atoms with van der Waals surface area (Å²) >= 11 is 5.79. The Labute approximate surface area is 161 Å². The van der Waals surface area contributed by atoms with Gasteiger partial charge in [0.25, 0.3) is 5.91 Å². The van der Waals surface area contributed by atoms with Crippen molar-refractivity contribution in [3.63, 3.8) is 0 Å². The third-order valence-corrected chi connectivity index (χ3v) is 4.06. The topological polar surface area (TPSA) is 79.5 Å². The molecule has 0 spiro atoms. The normalized spacial score (nSPS) is 11.5. The van der Waals surface area contributed by atoms with E-state index in [1.165, 1.54) is 0 Å². The number of hydrazine groups is 1. The minimum Gasteiger partial charge on any atom is -0.481 e. The number of carbonyl (C=O) groups is 2. The largest absolute Gasteiger partial charge is 0.481 e. The number of nitrogens with one attached hydrogen (secondary N) is 3. The lowest BCUT2D eigenvalue weighted by atomic mass is 10.1. The molecule has 0 radical (unpaired) electrons. The molecule has 7 heteroatoms. The van der Waals surface area contributed by atoms with Crippen LogP contribution < -0.4 is 20.9 Å². The number of hydrogen-bond acceptors (Lipinski definition) is 3. The van der Waals surface area contributed by atoms with Gasteiger partial charge in [-0.25, -0.2) is 10.2 Å². The van der Waals surface area contributed by atoms with E-state index in [0.717, 1.165) is 10.8 Å². The summed E-state index contributed by atoms with van der Waals surface area (Å²) in [6, 6.07) is 19.5. The van der Waals surface area contributed by atoms with Gasteiger partial charge in [-0.15, -0.1) is 0 Å². The maximum Gasteiger partial charge on any atom is 0.337 e. The molecule has 0 saturated heterocycles. The van der Waals surface area contributed by atoms with Gasteiger partial charge in [-0.1, -0.05) is 41.9 Å². The highest BCUT2D eigenvalue weighted by Crippen LogP contribution is 2.21. The molecular weight excluding hydrogens is 366 g/mol. The van der Waals surface area contributed by atoms with Crippen molar-refractivity contribution in [1.29, 1.82) is 0 Å². The number of anilines is 1. The average molecular weight is 384 g/mol.